The fourth-order valence-electron chi connectivity index (χ4n) is 5.84. The highest BCUT2D eigenvalue weighted by Crippen LogP contribution is 2.30. The highest BCUT2D eigenvalue weighted by Gasteiger charge is 2.42. The van der Waals surface area contributed by atoms with Crippen molar-refractivity contribution in [3.63, 3.8) is 0 Å². The van der Waals surface area contributed by atoms with Crippen molar-refractivity contribution in [2.24, 2.45) is 23.0 Å². The van der Waals surface area contributed by atoms with Gasteiger partial charge in [-0.3, -0.25) is 19.2 Å². The summed E-state index contributed by atoms with van der Waals surface area (Å²) in [6, 6.07) is 4.64. The molecular weight excluding hydrogens is 638 g/mol. The molecule has 1 aromatic rings. The van der Waals surface area contributed by atoms with Crippen LogP contribution in [0.1, 0.15) is 118 Å². The molecule has 12 nitrogen and oxygen atoms in total. The SMILES string of the molecule is CC(NC(=O)C1CCCN1C(=O)C(NC(=O)NC(C(=O)OCc1ccccc1)C(C)(C)C)C1CCCCC1)C(=O)C(N)=O.CC1CC1.CCC. The molecule has 2 aliphatic carbocycles. The second-order valence-corrected chi connectivity index (χ2v) is 14.9. The third-order valence-corrected chi connectivity index (χ3v) is 8.97. The number of ketones is 1. The van der Waals surface area contributed by atoms with Gasteiger partial charge < -0.3 is 31.3 Å². The van der Waals surface area contributed by atoms with Gasteiger partial charge in [-0.15, -0.1) is 0 Å². The molecule has 0 spiro atoms. The van der Waals surface area contributed by atoms with Crippen LogP contribution in [0.15, 0.2) is 30.3 Å². The first-order valence-electron chi connectivity index (χ1n) is 18.3. The predicted octanol–water partition coefficient (Wildman–Crippen LogP) is 4.78. The average Bonchev–Trinajstić information content (AvgIpc) is 3.70. The molecule has 50 heavy (non-hydrogen) atoms. The second-order valence-electron chi connectivity index (χ2n) is 14.9. The Labute approximate surface area is 298 Å². The monoisotopic (exact) mass is 699 g/mol. The van der Waals surface area contributed by atoms with E-state index in [0.29, 0.717) is 19.4 Å². The summed E-state index contributed by atoms with van der Waals surface area (Å²) in [7, 11) is 0. The molecule has 3 fully saturated rings. The van der Waals surface area contributed by atoms with Crippen molar-refractivity contribution < 1.29 is 33.5 Å². The van der Waals surface area contributed by atoms with Crippen LogP contribution in [-0.4, -0.2) is 71.1 Å². The first-order valence-corrected chi connectivity index (χ1v) is 18.3. The third kappa shape index (κ3) is 14.1. The van der Waals surface area contributed by atoms with Crippen molar-refractivity contribution in [1.82, 2.24) is 20.9 Å². The fraction of sp³-hybridized carbons (Fsp3) is 0.684. The van der Waals surface area contributed by atoms with Crippen molar-refractivity contribution >= 4 is 35.5 Å². The number of Topliss-reactive ketones (excluding diaryl/α,β-unsaturated/α-hetero) is 1. The van der Waals surface area contributed by atoms with E-state index in [2.05, 4.69) is 36.7 Å². The number of benzene rings is 1. The van der Waals surface area contributed by atoms with E-state index in [1.807, 2.05) is 51.1 Å². The van der Waals surface area contributed by atoms with Crippen molar-refractivity contribution in [2.75, 3.05) is 6.54 Å². The van der Waals surface area contributed by atoms with Crippen LogP contribution in [0.25, 0.3) is 0 Å². The van der Waals surface area contributed by atoms with Gasteiger partial charge in [0.2, 0.25) is 17.6 Å². The van der Waals surface area contributed by atoms with E-state index < -0.39 is 65.1 Å². The zero-order valence-electron chi connectivity index (χ0n) is 31.2. The number of hydrogen-bond acceptors (Lipinski definition) is 7. The van der Waals surface area contributed by atoms with Gasteiger partial charge in [-0.05, 0) is 55.4 Å². The Morgan fingerprint density at radius 2 is 1.46 bits per heavy atom. The maximum Gasteiger partial charge on any atom is 0.329 e. The third-order valence-electron chi connectivity index (χ3n) is 8.97. The maximum absolute atomic E-state index is 14.0. The van der Waals surface area contributed by atoms with Crippen LogP contribution in [0.3, 0.4) is 0 Å². The molecule has 4 rings (SSSR count). The summed E-state index contributed by atoms with van der Waals surface area (Å²) in [6.07, 6.45) is 9.46. The normalized spacial score (nSPS) is 19.2. The molecule has 1 aliphatic heterocycles. The molecule has 0 radical (unpaired) electrons. The van der Waals surface area contributed by atoms with Gasteiger partial charge in [0.15, 0.2) is 0 Å². The van der Waals surface area contributed by atoms with Gasteiger partial charge in [-0.25, -0.2) is 9.59 Å². The number of nitrogens with zero attached hydrogens (tertiary/aromatic N) is 1. The minimum absolute atomic E-state index is 0.0564. The van der Waals surface area contributed by atoms with Crippen LogP contribution in [-0.2, 0) is 35.3 Å². The Kier molecular flexibility index (Phi) is 17.4. The highest BCUT2D eigenvalue weighted by atomic mass is 16.5. The van der Waals surface area contributed by atoms with E-state index in [9.17, 15) is 28.8 Å². The minimum Gasteiger partial charge on any atom is -0.459 e. The molecule has 0 aromatic heterocycles. The summed E-state index contributed by atoms with van der Waals surface area (Å²) in [4.78, 5) is 78.1. The van der Waals surface area contributed by atoms with E-state index in [1.54, 1.807) is 0 Å². The Hall–Kier alpha value is -3.96. The lowest BCUT2D eigenvalue weighted by atomic mass is 9.83. The van der Waals surface area contributed by atoms with Crippen LogP contribution >= 0.6 is 0 Å². The highest BCUT2D eigenvalue weighted by molar-refractivity contribution is 6.37. The van der Waals surface area contributed by atoms with Gasteiger partial charge in [-0.1, -0.05) is 110 Å². The van der Waals surface area contributed by atoms with E-state index >= 15 is 0 Å². The number of hydrogen-bond donors (Lipinski definition) is 4. The summed E-state index contributed by atoms with van der Waals surface area (Å²) < 4.78 is 5.52. The summed E-state index contributed by atoms with van der Waals surface area (Å²) >= 11 is 0. The second kappa shape index (κ2) is 20.7. The molecule has 5 N–H and O–H groups in total. The van der Waals surface area contributed by atoms with Gasteiger partial charge in [0.1, 0.15) is 24.7 Å². The van der Waals surface area contributed by atoms with Crippen LogP contribution in [0.2, 0.25) is 0 Å². The van der Waals surface area contributed by atoms with Crippen LogP contribution in [0.5, 0.6) is 0 Å². The van der Waals surface area contributed by atoms with E-state index in [0.717, 1.165) is 43.6 Å². The number of esters is 1. The number of carbonyl (C=O) groups excluding carboxylic acids is 6. The summed E-state index contributed by atoms with van der Waals surface area (Å²) in [6.45, 7) is 13.7. The van der Waals surface area contributed by atoms with Gasteiger partial charge in [-0.2, -0.15) is 0 Å². The van der Waals surface area contributed by atoms with Crippen LogP contribution in [0, 0.1) is 17.3 Å². The molecule has 1 heterocycles. The van der Waals surface area contributed by atoms with Gasteiger partial charge in [0.05, 0.1) is 6.04 Å². The Morgan fingerprint density at radius 3 is 1.98 bits per heavy atom. The number of rotatable bonds is 11. The molecule has 12 heteroatoms. The number of urea groups is 1. The fourth-order valence-corrected chi connectivity index (χ4v) is 5.84. The lowest BCUT2D eigenvalue weighted by molar-refractivity contribution is -0.150. The van der Waals surface area contributed by atoms with Crippen molar-refractivity contribution in [2.45, 2.75) is 143 Å². The number of nitrogens with one attached hydrogen (secondary N) is 3. The lowest BCUT2D eigenvalue weighted by Gasteiger charge is -2.36. The van der Waals surface area contributed by atoms with E-state index in [1.165, 1.54) is 31.1 Å². The number of carbonyl (C=O) groups is 6. The molecular formula is C38H61N5O7. The van der Waals surface area contributed by atoms with Gasteiger partial charge in [0, 0.05) is 6.54 Å². The minimum atomic E-state index is -1.16. The zero-order valence-corrected chi connectivity index (χ0v) is 31.2. The Bertz CT molecular complexity index is 1270. The Morgan fingerprint density at radius 1 is 0.880 bits per heavy atom. The smallest absolute Gasteiger partial charge is 0.329 e. The molecule has 3 aliphatic rings. The Balaban J connectivity index is 0.00000111. The molecule has 1 aromatic carbocycles. The maximum atomic E-state index is 14.0. The number of nitrogens with two attached hydrogens (primary N) is 1. The van der Waals surface area contributed by atoms with E-state index in [4.69, 9.17) is 10.5 Å². The molecule has 0 bridgehead atoms. The van der Waals surface area contributed by atoms with Gasteiger partial charge >= 0.3 is 12.0 Å². The van der Waals surface area contributed by atoms with Crippen molar-refractivity contribution in [1.29, 1.82) is 0 Å². The van der Waals surface area contributed by atoms with Gasteiger partial charge in [0.25, 0.3) is 5.91 Å². The number of ether oxygens (including phenoxy) is 1. The van der Waals surface area contributed by atoms with Crippen LogP contribution < -0.4 is 21.7 Å². The quantitative estimate of drug-likeness (QED) is 0.190. The number of likely N-dealkylation sites (tertiary alicyclic amines) is 1. The average molecular weight is 700 g/mol. The zero-order chi connectivity index (χ0) is 37.4. The predicted molar refractivity (Wildman–Crippen MR) is 192 cm³/mol. The first-order chi connectivity index (χ1) is 23.6. The van der Waals surface area contributed by atoms with Crippen LogP contribution in [0.4, 0.5) is 4.79 Å². The standard InChI is InChI=1S/C31H45N5O7.C4H8.C3H8/c1-19(24(37)26(32)38)33-27(39)22-16-11-17-36(22)28(40)23(21-14-9-6-10-15-21)34-30(42)35-25(31(2,3)4)29(41)43-18-20-12-7-5-8-13-20;1-4-2-3-4;1-3-2/h5,7-8,12-13,19,21-23,25H,6,9-11,14-18H2,1-4H3,(H2,32,38)(H,33,39)(H2,34,35,42);4H,2-3H2,1H3;3H2,1-2H3. The summed E-state index contributed by atoms with van der Waals surface area (Å²) in [5.74, 6) is -2.70. The summed E-state index contributed by atoms with van der Waals surface area (Å²) in [5, 5.41) is 8.06. The van der Waals surface area contributed by atoms with Crippen molar-refractivity contribution in [3.05, 3.63) is 35.9 Å². The molecule has 5 amide bonds. The number of primary amides is 1. The molecule has 280 valence electrons. The molecule has 4 atom stereocenters. The lowest BCUT2D eigenvalue weighted by Crippen LogP contribution is -2.60. The molecule has 2 saturated carbocycles. The first kappa shape index (κ1) is 42.2. The van der Waals surface area contributed by atoms with Crippen molar-refractivity contribution in [3.8, 4) is 0 Å². The van der Waals surface area contributed by atoms with E-state index in [-0.39, 0.29) is 12.5 Å². The number of amides is 5. The topological polar surface area (TPSA) is 177 Å². The summed E-state index contributed by atoms with van der Waals surface area (Å²) in [5.41, 5.74) is 5.18. The molecule has 4 unspecified atom stereocenters. The largest absolute Gasteiger partial charge is 0.459 e. The molecule has 1 saturated heterocycles.